The van der Waals surface area contributed by atoms with Crippen LogP contribution in [0.4, 0.5) is 13.2 Å². The van der Waals surface area contributed by atoms with E-state index < -0.39 is 18.7 Å². The number of hydrogen-bond donors (Lipinski definition) is 1. The van der Waals surface area contributed by atoms with Crippen molar-refractivity contribution in [2.24, 2.45) is 0 Å². The fraction of sp³-hybridized carbons (Fsp3) is 0.400. The zero-order chi connectivity index (χ0) is 11.5. The molecule has 1 N–H and O–H groups in total. The summed E-state index contributed by atoms with van der Waals surface area (Å²) in [6.07, 6.45) is -7.16. The van der Waals surface area contributed by atoms with Crippen LogP contribution in [0, 0.1) is 0 Å². The number of aliphatic hydroxyl groups excluding tert-OH is 1. The van der Waals surface area contributed by atoms with E-state index in [0.717, 1.165) is 0 Å². The summed E-state index contributed by atoms with van der Waals surface area (Å²) < 4.78 is 40.8. The van der Waals surface area contributed by atoms with Gasteiger partial charge in [0.05, 0.1) is 19.6 Å². The third-order valence-corrected chi connectivity index (χ3v) is 1.90. The Morgan fingerprint density at radius 3 is 2.60 bits per heavy atom. The molecule has 1 aromatic rings. The number of methoxy groups -OCH3 is 1. The highest BCUT2D eigenvalue weighted by Gasteiger charge is 2.31. The first-order chi connectivity index (χ1) is 6.92. The molecule has 5 heteroatoms. The Morgan fingerprint density at radius 2 is 2.07 bits per heavy atom. The van der Waals surface area contributed by atoms with Crippen molar-refractivity contribution in [3.8, 4) is 5.75 Å². The monoisotopic (exact) mass is 220 g/mol. The van der Waals surface area contributed by atoms with Crippen molar-refractivity contribution in [3.63, 3.8) is 0 Å². The summed E-state index contributed by atoms with van der Waals surface area (Å²) in [7, 11) is 1.41. The highest BCUT2D eigenvalue weighted by atomic mass is 19.4. The molecule has 0 heterocycles. The van der Waals surface area contributed by atoms with E-state index in [1.54, 1.807) is 6.07 Å². The van der Waals surface area contributed by atoms with Gasteiger partial charge in [0.25, 0.3) is 0 Å². The Labute approximate surface area is 85.3 Å². The Morgan fingerprint density at radius 1 is 1.40 bits per heavy atom. The van der Waals surface area contributed by atoms with Crippen LogP contribution in [0.2, 0.25) is 0 Å². The zero-order valence-electron chi connectivity index (χ0n) is 8.08. The molecule has 0 aliphatic heterocycles. The first-order valence-electron chi connectivity index (χ1n) is 4.31. The van der Waals surface area contributed by atoms with E-state index in [2.05, 4.69) is 0 Å². The lowest BCUT2D eigenvalue weighted by Gasteiger charge is -2.14. The van der Waals surface area contributed by atoms with Crippen LogP contribution in [-0.4, -0.2) is 18.4 Å². The van der Waals surface area contributed by atoms with E-state index in [9.17, 15) is 18.3 Å². The molecule has 1 rings (SSSR count). The minimum Gasteiger partial charge on any atom is -0.497 e. The van der Waals surface area contributed by atoms with Gasteiger partial charge in [0, 0.05) is 0 Å². The second kappa shape index (κ2) is 4.53. The first kappa shape index (κ1) is 11.8. The first-order valence-corrected chi connectivity index (χ1v) is 4.31. The lowest BCUT2D eigenvalue weighted by molar-refractivity contribution is -0.154. The number of aliphatic hydroxyl groups is 1. The molecule has 0 amide bonds. The number of rotatable bonds is 3. The van der Waals surface area contributed by atoms with Gasteiger partial charge in [0.1, 0.15) is 5.75 Å². The van der Waals surface area contributed by atoms with Gasteiger partial charge < -0.3 is 9.84 Å². The lowest BCUT2D eigenvalue weighted by atomic mass is 10.1. The summed E-state index contributed by atoms with van der Waals surface area (Å²) >= 11 is 0. The van der Waals surface area contributed by atoms with Gasteiger partial charge in [-0.1, -0.05) is 12.1 Å². The van der Waals surface area contributed by atoms with Crippen LogP contribution in [-0.2, 0) is 0 Å². The van der Waals surface area contributed by atoms with Crippen LogP contribution in [0.1, 0.15) is 18.1 Å². The summed E-state index contributed by atoms with van der Waals surface area (Å²) in [4.78, 5) is 0. The van der Waals surface area contributed by atoms with Crippen molar-refractivity contribution in [2.75, 3.05) is 7.11 Å². The van der Waals surface area contributed by atoms with Crippen LogP contribution in [0.15, 0.2) is 24.3 Å². The molecule has 1 atom stereocenters. The molecule has 0 fully saturated rings. The summed E-state index contributed by atoms with van der Waals surface area (Å²) in [5.41, 5.74) is 0.201. The summed E-state index contributed by atoms with van der Waals surface area (Å²) in [5.74, 6) is 0.425. The summed E-state index contributed by atoms with van der Waals surface area (Å²) in [5, 5.41) is 9.30. The summed E-state index contributed by atoms with van der Waals surface area (Å²) in [6.45, 7) is 0. The van der Waals surface area contributed by atoms with Gasteiger partial charge in [-0.05, 0) is 17.7 Å². The molecule has 0 bridgehead atoms. The number of benzene rings is 1. The Bertz CT molecular complexity index is 323. The predicted octanol–water partition coefficient (Wildman–Crippen LogP) is 2.68. The molecule has 15 heavy (non-hydrogen) atoms. The molecule has 0 radical (unpaired) electrons. The predicted molar refractivity (Wildman–Crippen MR) is 48.6 cm³/mol. The van der Waals surface area contributed by atoms with Gasteiger partial charge in [0.15, 0.2) is 0 Å². The number of ether oxygens (including phenoxy) is 1. The molecule has 0 aromatic heterocycles. The quantitative estimate of drug-likeness (QED) is 0.848. The largest absolute Gasteiger partial charge is 0.497 e. The SMILES string of the molecule is COc1cccc(C(O)CC(F)(F)F)c1. The molecule has 0 spiro atoms. The molecule has 2 nitrogen and oxygen atoms in total. The Kier molecular flexibility index (Phi) is 3.57. The molecule has 0 saturated heterocycles. The highest BCUT2D eigenvalue weighted by molar-refractivity contribution is 5.29. The molecule has 84 valence electrons. The third-order valence-electron chi connectivity index (χ3n) is 1.90. The Balaban J connectivity index is 2.77. The molecule has 1 aromatic carbocycles. The maximum Gasteiger partial charge on any atom is 0.391 e. The molecule has 0 saturated carbocycles. The van der Waals surface area contributed by atoms with Crippen LogP contribution in [0.5, 0.6) is 5.75 Å². The minimum atomic E-state index is -4.37. The van der Waals surface area contributed by atoms with Gasteiger partial charge in [-0.25, -0.2) is 0 Å². The average Bonchev–Trinajstić information content (AvgIpc) is 2.15. The van der Waals surface area contributed by atoms with Crippen LogP contribution in [0.3, 0.4) is 0 Å². The fourth-order valence-corrected chi connectivity index (χ4v) is 1.19. The van der Waals surface area contributed by atoms with E-state index >= 15 is 0 Å². The highest BCUT2D eigenvalue weighted by Crippen LogP contribution is 2.30. The van der Waals surface area contributed by atoms with Crippen molar-refractivity contribution in [2.45, 2.75) is 18.7 Å². The van der Waals surface area contributed by atoms with Gasteiger partial charge in [-0.2, -0.15) is 13.2 Å². The average molecular weight is 220 g/mol. The number of alkyl halides is 3. The normalized spacial score (nSPS) is 13.7. The van der Waals surface area contributed by atoms with E-state index in [4.69, 9.17) is 4.74 Å². The molecular formula is C10H11F3O2. The minimum absolute atomic E-state index is 0.201. The van der Waals surface area contributed by atoms with Crippen LogP contribution < -0.4 is 4.74 Å². The van der Waals surface area contributed by atoms with Crippen molar-refractivity contribution in [1.82, 2.24) is 0 Å². The van der Waals surface area contributed by atoms with Crippen LogP contribution in [0.25, 0.3) is 0 Å². The second-order valence-electron chi connectivity index (χ2n) is 3.11. The van der Waals surface area contributed by atoms with E-state index in [1.165, 1.54) is 25.3 Å². The lowest BCUT2D eigenvalue weighted by Crippen LogP contribution is -2.13. The van der Waals surface area contributed by atoms with Gasteiger partial charge in [-0.3, -0.25) is 0 Å². The Hall–Kier alpha value is -1.23. The van der Waals surface area contributed by atoms with Gasteiger partial charge in [0.2, 0.25) is 0 Å². The zero-order valence-corrected chi connectivity index (χ0v) is 8.08. The van der Waals surface area contributed by atoms with Crippen molar-refractivity contribution < 1.29 is 23.0 Å². The fourth-order valence-electron chi connectivity index (χ4n) is 1.19. The molecular weight excluding hydrogens is 209 g/mol. The van der Waals surface area contributed by atoms with E-state index in [0.29, 0.717) is 5.75 Å². The standard InChI is InChI=1S/C10H11F3O2/c1-15-8-4-2-3-7(5-8)9(14)6-10(11,12)13/h2-5,9,14H,6H2,1H3. The molecule has 0 aliphatic carbocycles. The molecule has 0 aliphatic rings. The number of hydrogen-bond acceptors (Lipinski definition) is 2. The summed E-state index contributed by atoms with van der Waals surface area (Å²) in [6, 6.07) is 5.95. The van der Waals surface area contributed by atoms with Crippen molar-refractivity contribution in [3.05, 3.63) is 29.8 Å². The number of halogens is 3. The maximum atomic E-state index is 12.0. The topological polar surface area (TPSA) is 29.5 Å². The second-order valence-corrected chi connectivity index (χ2v) is 3.11. The smallest absolute Gasteiger partial charge is 0.391 e. The maximum absolute atomic E-state index is 12.0. The van der Waals surface area contributed by atoms with Crippen LogP contribution >= 0.6 is 0 Å². The van der Waals surface area contributed by atoms with Gasteiger partial charge >= 0.3 is 6.18 Å². The molecule has 1 unspecified atom stereocenters. The van der Waals surface area contributed by atoms with Gasteiger partial charge in [-0.15, -0.1) is 0 Å². The van der Waals surface area contributed by atoms with E-state index in [-0.39, 0.29) is 5.56 Å². The van der Waals surface area contributed by atoms with E-state index in [1.807, 2.05) is 0 Å². The van der Waals surface area contributed by atoms with Crippen molar-refractivity contribution in [1.29, 1.82) is 0 Å². The van der Waals surface area contributed by atoms with Crippen molar-refractivity contribution >= 4 is 0 Å². The third kappa shape index (κ3) is 3.79.